The minimum atomic E-state index is -1.84. The van der Waals surface area contributed by atoms with E-state index >= 15 is 0 Å². The van der Waals surface area contributed by atoms with E-state index in [1.807, 2.05) is 20.8 Å². The van der Waals surface area contributed by atoms with Gasteiger partial charge in [0, 0.05) is 38.0 Å². The average Bonchev–Trinajstić information content (AvgIpc) is 2.27. The fraction of sp³-hybridized carbons (Fsp3) is 0.914. The molecule has 5 aliphatic heterocycles. The molecule has 8 fully saturated rings. The van der Waals surface area contributed by atoms with E-state index in [0.29, 0.717) is 44.1 Å². The standard InChI is InChI=1S/C58H94O25/c1-10-25(2)52(69)83-51-28(5)76-40(21-35(51)72-9)82-50-27(4)75-39(20-34(50)71-8)78-30-13-16-56(6)29(19-30)11-12-33-32(56)14-17-57(7)31(15-18-58(33,57)70)26(3)77-55-49(68)46(65)43(62)38(81-55)24-74-54-48(67)45(64)42(61)37(80-54)23-73-53-47(66)44(63)41(60)36(22-59)79-53/h10-11,26-28,30-51,53-55,59-68,70H,12-24H2,1-9H3. The van der Waals surface area contributed by atoms with Crippen molar-refractivity contribution in [2.24, 2.45) is 28.6 Å². The van der Waals surface area contributed by atoms with Crippen molar-refractivity contribution >= 4 is 5.97 Å². The summed E-state index contributed by atoms with van der Waals surface area (Å²) >= 11 is 0. The van der Waals surface area contributed by atoms with E-state index in [1.54, 1.807) is 34.1 Å². The average molecular weight is 1190 g/mol. The number of rotatable bonds is 18. The number of ether oxygens (including phenoxy) is 13. The second kappa shape index (κ2) is 26.6. The van der Waals surface area contributed by atoms with Gasteiger partial charge >= 0.3 is 5.97 Å². The van der Waals surface area contributed by atoms with Gasteiger partial charge in [0.2, 0.25) is 0 Å². The van der Waals surface area contributed by atoms with Crippen LogP contribution in [0.5, 0.6) is 0 Å². The molecule has 31 atom stereocenters. The van der Waals surface area contributed by atoms with Crippen LogP contribution in [0.15, 0.2) is 23.3 Å². The van der Waals surface area contributed by atoms with Gasteiger partial charge in [0.15, 0.2) is 37.6 Å². The van der Waals surface area contributed by atoms with E-state index in [9.17, 15) is 61.0 Å². The van der Waals surface area contributed by atoms with Gasteiger partial charge in [-0.25, -0.2) is 4.79 Å². The van der Waals surface area contributed by atoms with Gasteiger partial charge < -0.3 is 118 Å². The number of hydrogen-bond donors (Lipinski definition) is 11. The van der Waals surface area contributed by atoms with E-state index in [0.717, 1.165) is 25.7 Å². The monoisotopic (exact) mass is 1190 g/mol. The van der Waals surface area contributed by atoms with Gasteiger partial charge in [-0.15, -0.1) is 0 Å². The molecule has 0 radical (unpaired) electrons. The second-order valence-corrected chi connectivity index (χ2v) is 25.4. The lowest BCUT2D eigenvalue weighted by molar-refractivity contribution is -0.346. The fourth-order valence-electron chi connectivity index (χ4n) is 15.5. The molecule has 4 aliphatic carbocycles. The molecule has 0 aromatic heterocycles. The van der Waals surface area contributed by atoms with E-state index in [1.165, 1.54) is 5.57 Å². The Morgan fingerprint density at radius 3 is 1.78 bits per heavy atom. The third-order valence-electron chi connectivity index (χ3n) is 20.8. The minimum Gasteiger partial charge on any atom is -0.453 e. The van der Waals surface area contributed by atoms with Gasteiger partial charge in [-0.1, -0.05) is 31.6 Å². The molecular formula is C58H94O25. The minimum absolute atomic E-state index is 0.0314. The third kappa shape index (κ3) is 12.7. The molecule has 0 aromatic carbocycles. The molecule has 0 bridgehead atoms. The zero-order valence-electron chi connectivity index (χ0n) is 49.1. The molecule has 476 valence electrons. The maximum absolute atomic E-state index is 13.1. The molecule has 0 aromatic rings. The Hall–Kier alpha value is -1.97. The van der Waals surface area contributed by atoms with Crippen LogP contribution in [-0.4, -0.2) is 255 Å². The first-order chi connectivity index (χ1) is 39.3. The number of allylic oxidation sites excluding steroid dienone is 2. The summed E-state index contributed by atoms with van der Waals surface area (Å²) in [4.78, 5) is 12.6. The van der Waals surface area contributed by atoms with Gasteiger partial charge in [-0.05, 0) is 109 Å². The highest BCUT2D eigenvalue weighted by Gasteiger charge is 2.67. The normalized spacial score (nSPS) is 50.8. The number of aliphatic hydroxyl groups excluding tert-OH is 10. The van der Waals surface area contributed by atoms with Crippen LogP contribution in [0.1, 0.15) is 113 Å². The van der Waals surface area contributed by atoms with E-state index in [4.69, 9.17) is 61.6 Å². The summed E-state index contributed by atoms with van der Waals surface area (Å²) in [5, 5.41) is 119. The van der Waals surface area contributed by atoms with Crippen LogP contribution in [0.25, 0.3) is 0 Å². The van der Waals surface area contributed by atoms with E-state index < -0.39 is 178 Å². The van der Waals surface area contributed by atoms with Crippen molar-refractivity contribution in [3.05, 3.63) is 23.3 Å². The molecule has 9 aliphatic rings. The zero-order valence-corrected chi connectivity index (χ0v) is 49.1. The number of carbonyl (C=O) groups excluding carboxylic acids is 1. The highest BCUT2D eigenvalue weighted by Crippen LogP contribution is 2.68. The summed E-state index contributed by atoms with van der Waals surface area (Å²) in [6, 6.07) is 0. The molecule has 31 unspecified atom stereocenters. The Morgan fingerprint density at radius 1 is 0.675 bits per heavy atom. The van der Waals surface area contributed by atoms with Crippen LogP contribution < -0.4 is 0 Å². The Balaban J connectivity index is 0.774. The lowest BCUT2D eigenvalue weighted by atomic mass is 9.45. The van der Waals surface area contributed by atoms with Crippen molar-refractivity contribution in [2.75, 3.05) is 34.0 Å². The van der Waals surface area contributed by atoms with Crippen LogP contribution in [-0.2, 0) is 66.4 Å². The van der Waals surface area contributed by atoms with Crippen molar-refractivity contribution in [3.8, 4) is 0 Å². The number of hydrogen-bond acceptors (Lipinski definition) is 25. The Bertz CT molecular complexity index is 2220. The summed E-state index contributed by atoms with van der Waals surface area (Å²) in [7, 11) is 3.23. The van der Waals surface area contributed by atoms with E-state index in [2.05, 4.69) is 19.9 Å². The van der Waals surface area contributed by atoms with Crippen molar-refractivity contribution < 1.29 is 123 Å². The van der Waals surface area contributed by atoms with Crippen LogP contribution >= 0.6 is 0 Å². The van der Waals surface area contributed by atoms with Crippen molar-refractivity contribution in [1.82, 2.24) is 0 Å². The van der Waals surface area contributed by atoms with Gasteiger partial charge in [0.05, 0.1) is 55.9 Å². The number of esters is 1. The van der Waals surface area contributed by atoms with Crippen LogP contribution in [0.3, 0.4) is 0 Å². The predicted molar refractivity (Wildman–Crippen MR) is 285 cm³/mol. The first-order valence-electron chi connectivity index (χ1n) is 29.8. The highest BCUT2D eigenvalue weighted by molar-refractivity contribution is 5.87. The summed E-state index contributed by atoms with van der Waals surface area (Å²) in [6.07, 6.45) is -18.5. The topological polar surface area (TPSA) is 360 Å². The quantitative estimate of drug-likeness (QED) is 0.0467. The molecule has 11 N–H and O–H groups in total. The predicted octanol–water partition coefficient (Wildman–Crippen LogP) is -0.518. The molecule has 83 heavy (non-hydrogen) atoms. The Kier molecular flexibility index (Phi) is 21.0. The fourth-order valence-corrected chi connectivity index (χ4v) is 15.5. The molecular weight excluding hydrogens is 1100 g/mol. The molecule has 25 nitrogen and oxygen atoms in total. The smallest absolute Gasteiger partial charge is 0.333 e. The molecule has 5 heterocycles. The van der Waals surface area contributed by atoms with Gasteiger partial charge in [0.1, 0.15) is 85.5 Å². The van der Waals surface area contributed by atoms with Crippen molar-refractivity contribution in [3.63, 3.8) is 0 Å². The number of methoxy groups -OCH3 is 2. The number of aliphatic hydroxyl groups is 11. The third-order valence-corrected chi connectivity index (χ3v) is 20.8. The van der Waals surface area contributed by atoms with Gasteiger partial charge in [0.25, 0.3) is 0 Å². The molecule has 0 amide bonds. The molecule has 3 saturated carbocycles. The van der Waals surface area contributed by atoms with Crippen LogP contribution in [0, 0.1) is 28.6 Å². The Morgan fingerprint density at radius 2 is 1.20 bits per heavy atom. The highest BCUT2D eigenvalue weighted by atomic mass is 16.8. The maximum Gasteiger partial charge on any atom is 0.333 e. The summed E-state index contributed by atoms with van der Waals surface area (Å²) in [5.74, 6) is -0.434. The second-order valence-electron chi connectivity index (χ2n) is 25.4. The summed E-state index contributed by atoms with van der Waals surface area (Å²) < 4.78 is 78.5. The maximum atomic E-state index is 13.1. The molecule has 0 spiro atoms. The summed E-state index contributed by atoms with van der Waals surface area (Å²) in [6.45, 7) is 11.7. The van der Waals surface area contributed by atoms with Gasteiger partial charge in [-0.2, -0.15) is 0 Å². The van der Waals surface area contributed by atoms with Crippen LogP contribution in [0.4, 0.5) is 0 Å². The van der Waals surface area contributed by atoms with Crippen LogP contribution in [0.2, 0.25) is 0 Å². The Labute approximate surface area is 484 Å². The molecule has 5 saturated heterocycles. The van der Waals surface area contributed by atoms with Crippen molar-refractivity contribution in [1.29, 1.82) is 0 Å². The largest absolute Gasteiger partial charge is 0.453 e. The number of fused-ring (bicyclic) bond motifs is 5. The summed E-state index contributed by atoms with van der Waals surface area (Å²) in [5.41, 5.74) is 0.0323. The lowest BCUT2D eigenvalue weighted by Gasteiger charge is -2.61. The molecule has 25 heteroatoms. The lowest BCUT2D eigenvalue weighted by Crippen LogP contribution is -2.63. The van der Waals surface area contributed by atoms with E-state index in [-0.39, 0.29) is 35.4 Å². The van der Waals surface area contributed by atoms with Gasteiger partial charge in [-0.3, -0.25) is 0 Å². The number of carbonyl (C=O) groups is 1. The zero-order chi connectivity index (χ0) is 60.2. The first-order valence-corrected chi connectivity index (χ1v) is 29.8. The molecule has 9 rings (SSSR count). The first kappa shape index (κ1) is 65.5. The van der Waals surface area contributed by atoms with Crippen molar-refractivity contribution in [2.45, 2.75) is 272 Å². The SMILES string of the molecule is CC=C(C)C(=O)OC1C(C)OC(OC2C(C)OC(OC3CCC4(C)C(=CCC5C4CCC4(C)C(C(C)OC6OC(COC7OC(COC8OC(CO)C(O)C(O)C8O)C(O)C(O)C7O)C(O)C(O)C6O)CCC54O)C3)CC2OC)CC1OC.